The van der Waals surface area contributed by atoms with Crippen molar-refractivity contribution >= 4 is 17.9 Å². The third-order valence-corrected chi connectivity index (χ3v) is 5.29. The summed E-state index contributed by atoms with van der Waals surface area (Å²) in [5.41, 5.74) is 2.09. The predicted octanol–water partition coefficient (Wildman–Crippen LogP) is 1.12. The molecule has 3 N–H and O–H groups in total. The molecule has 0 saturated heterocycles. The van der Waals surface area contributed by atoms with Gasteiger partial charge < -0.3 is 20.3 Å². The number of carbonyl (C=O) groups excluding carboxylic acids is 2. The number of esters is 2. The Balaban J connectivity index is 1.61. The molecule has 2 saturated carbocycles. The molecule has 0 spiro atoms. The topological polar surface area (TPSA) is 116 Å². The van der Waals surface area contributed by atoms with Crippen molar-refractivity contribution < 1.29 is 33.4 Å². The number of ether oxygens (including phenoxy) is 2. The van der Waals surface area contributed by atoms with Crippen LogP contribution in [0.3, 0.4) is 0 Å². The molecule has 0 bridgehead atoms. The largest absolute Gasteiger partial charge is 0.479 e. The second kappa shape index (κ2) is 5.80. The van der Waals surface area contributed by atoms with E-state index in [2.05, 4.69) is 0 Å². The first-order valence-electron chi connectivity index (χ1n) is 7.84. The summed E-state index contributed by atoms with van der Waals surface area (Å²) in [5.74, 6) is -5.65. The van der Waals surface area contributed by atoms with Gasteiger partial charge in [-0.15, -0.1) is 0 Å². The van der Waals surface area contributed by atoms with Crippen molar-refractivity contribution in [3.05, 3.63) is 35.9 Å². The van der Waals surface area contributed by atoms with Crippen LogP contribution in [0.25, 0.3) is 0 Å². The number of carboxylic acid groups (broad SMARTS) is 1. The lowest BCUT2D eigenvalue weighted by atomic mass is 9.82. The smallest absolute Gasteiger partial charge is 0.342 e. The summed E-state index contributed by atoms with van der Waals surface area (Å²) in [7, 11) is 0. The maximum Gasteiger partial charge on any atom is 0.342 e. The van der Waals surface area contributed by atoms with Gasteiger partial charge in [-0.1, -0.05) is 25.1 Å². The van der Waals surface area contributed by atoms with Crippen LogP contribution >= 0.6 is 0 Å². The molecular formula is C17H18FNO6. The number of halogens is 1. The van der Waals surface area contributed by atoms with Crippen molar-refractivity contribution in [1.29, 1.82) is 0 Å². The Bertz CT molecular complexity index is 725. The van der Waals surface area contributed by atoms with E-state index in [0.29, 0.717) is 0 Å². The first kappa shape index (κ1) is 17.3. The zero-order valence-electron chi connectivity index (χ0n) is 13.5. The van der Waals surface area contributed by atoms with Crippen molar-refractivity contribution in [1.82, 2.24) is 0 Å². The molecule has 134 valence electrons. The fraction of sp³-hybridized carbons (Fsp3) is 0.471. The summed E-state index contributed by atoms with van der Waals surface area (Å²) >= 11 is 0. The number of aliphatic carboxylic acids is 1. The van der Waals surface area contributed by atoms with Gasteiger partial charge in [0.2, 0.25) is 12.5 Å². The maximum atomic E-state index is 14.5. The van der Waals surface area contributed by atoms with Crippen LogP contribution in [0.2, 0.25) is 0 Å². The van der Waals surface area contributed by atoms with Crippen molar-refractivity contribution in [2.75, 3.05) is 6.79 Å². The molecule has 5 atom stereocenters. The van der Waals surface area contributed by atoms with Gasteiger partial charge in [-0.2, -0.15) is 0 Å². The number of carbonyl (C=O) groups is 3. The molecule has 2 aliphatic carbocycles. The minimum Gasteiger partial charge on any atom is -0.479 e. The zero-order chi connectivity index (χ0) is 18.4. The summed E-state index contributed by atoms with van der Waals surface area (Å²) in [6.45, 7) is 0.966. The Morgan fingerprint density at radius 1 is 1.28 bits per heavy atom. The first-order chi connectivity index (χ1) is 11.7. The standard InChI is InChI=1S/C17H18FNO6/c1-9-7-11-12(16(11,18)14(21)22)17(9,19)15(23)25-8-24-13(20)10-5-3-2-4-6-10/h2-6,9,11-12H,7-8,19H2,1H3,(H,21,22)/t9-,11-,12+,16-,17+/m1/s1. The summed E-state index contributed by atoms with van der Waals surface area (Å²) in [6, 6.07) is 8.10. The van der Waals surface area contributed by atoms with Crippen LogP contribution in [0.1, 0.15) is 23.7 Å². The Hall–Kier alpha value is -2.48. The number of rotatable bonds is 5. The van der Waals surface area contributed by atoms with Crippen LogP contribution in [0.15, 0.2) is 30.3 Å². The second-order valence-corrected chi connectivity index (χ2v) is 6.57. The molecule has 25 heavy (non-hydrogen) atoms. The molecule has 2 aliphatic rings. The van der Waals surface area contributed by atoms with E-state index in [4.69, 9.17) is 20.3 Å². The van der Waals surface area contributed by atoms with Gasteiger partial charge in [-0.3, -0.25) is 0 Å². The lowest BCUT2D eigenvalue weighted by Crippen LogP contribution is -2.57. The Morgan fingerprint density at radius 3 is 2.52 bits per heavy atom. The predicted molar refractivity (Wildman–Crippen MR) is 82.0 cm³/mol. The average molecular weight is 351 g/mol. The number of benzene rings is 1. The van der Waals surface area contributed by atoms with Gasteiger partial charge in [0.15, 0.2) is 0 Å². The molecule has 7 nitrogen and oxygen atoms in total. The normalized spacial score (nSPS) is 35.6. The SMILES string of the molecule is C[C@@H]1C[C@@H]2[C@H]([C@]1(N)C(=O)OCOC(=O)c1ccccc1)[C@@]2(F)C(=O)O. The molecule has 2 fully saturated rings. The number of nitrogens with two attached hydrogens (primary N) is 1. The third kappa shape index (κ3) is 2.48. The number of carboxylic acids is 1. The second-order valence-electron chi connectivity index (χ2n) is 6.57. The molecule has 1 aromatic carbocycles. The van der Waals surface area contributed by atoms with Crippen LogP contribution in [-0.2, 0) is 19.1 Å². The molecular weight excluding hydrogens is 333 g/mol. The number of fused-ring (bicyclic) bond motifs is 1. The van der Waals surface area contributed by atoms with Gasteiger partial charge in [-0.25, -0.2) is 18.8 Å². The van der Waals surface area contributed by atoms with E-state index in [1.54, 1.807) is 25.1 Å². The highest BCUT2D eigenvalue weighted by Gasteiger charge is 2.84. The molecule has 0 amide bonds. The van der Waals surface area contributed by atoms with Crippen LogP contribution in [0.4, 0.5) is 4.39 Å². The van der Waals surface area contributed by atoms with Crippen molar-refractivity contribution in [2.24, 2.45) is 23.5 Å². The summed E-state index contributed by atoms with van der Waals surface area (Å²) < 4.78 is 24.2. The van der Waals surface area contributed by atoms with E-state index in [1.165, 1.54) is 12.1 Å². The van der Waals surface area contributed by atoms with Gasteiger partial charge >= 0.3 is 17.9 Å². The summed E-state index contributed by atoms with van der Waals surface area (Å²) in [6.07, 6.45) is 0.183. The molecule has 0 aromatic heterocycles. The Morgan fingerprint density at radius 2 is 1.92 bits per heavy atom. The van der Waals surface area contributed by atoms with Crippen LogP contribution in [0, 0.1) is 17.8 Å². The Kier molecular flexibility index (Phi) is 4.03. The highest BCUT2D eigenvalue weighted by Crippen LogP contribution is 2.68. The molecule has 0 radical (unpaired) electrons. The quantitative estimate of drug-likeness (QED) is 0.603. The molecule has 8 heteroatoms. The zero-order valence-corrected chi connectivity index (χ0v) is 13.5. The van der Waals surface area contributed by atoms with Crippen molar-refractivity contribution in [3.63, 3.8) is 0 Å². The van der Waals surface area contributed by atoms with E-state index < -0.39 is 53.7 Å². The third-order valence-electron chi connectivity index (χ3n) is 5.29. The van der Waals surface area contributed by atoms with Crippen LogP contribution in [0.5, 0.6) is 0 Å². The monoisotopic (exact) mass is 351 g/mol. The van der Waals surface area contributed by atoms with E-state index in [0.717, 1.165) is 0 Å². The average Bonchev–Trinajstić information content (AvgIpc) is 3.09. The Labute approximate surface area is 142 Å². The van der Waals surface area contributed by atoms with Gasteiger partial charge in [0.1, 0.15) is 5.54 Å². The first-order valence-corrected chi connectivity index (χ1v) is 7.84. The maximum absolute atomic E-state index is 14.5. The lowest BCUT2D eigenvalue weighted by molar-refractivity contribution is -0.163. The molecule has 3 rings (SSSR count). The molecule has 0 aliphatic heterocycles. The van der Waals surface area contributed by atoms with Crippen molar-refractivity contribution in [2.45, 2.75) is 24.6 Å². The number of hydrogen-bond donors (Lipinski definition) is 2. The van der Waals surface area contributed by atoms with Crippen molar-refractivity contribution in [3.8, 4) is 0 Å². The van der Waals surface area contributed by atoms with Gasteiger partial charge in [-0.05, 0) is 24.5 Å². The van der Waals surface area contributed by atoms with Gasteiger partial charge in [0.25, 0.3) is 0 Å². The molecule has 0 heterocycles. The molecule has 1 aromatic rings. The van der Waals surface area contributed by atoms with E-state index in [1.807, 2.05) is 0 Å². The highest BCUT2D eigenvalue weighted by atomic mass is 19.1. The van der Waals surface area contributed by atoms with Crippen LogP contribution in [-0.4, -0.2) is 41.0 Å². The summed E-state index contributed by atoms with van der Waals surface area (Å²) in [5, 5.41) is 9.04. The van der Waals surface area contributed by atoms with E-state index in [-0.39, 0.29) is 12.0 Å². The van der Waals surface area contributed by atoms with Crippen LogP contribution < -0.4 is 5.73 Å². The minimum atomic E-state index is -2.50. The molecule has 0 unspecified atom stereocenters. The lowest BCUT2D eigenvalue weighted by Gasteiger charge is -2.31. The van der Waals surface area contributed by atoms with Gasteiger partial charge in [0.05, 0.1) is 5.56 Å². The fourth-order valence-corrected chi connectivity index (χ4v) is 3.83. The van der Waals surface area contributed by atoms with E-state index >= 15 is 0 Å². The van der Waals surface area contributed by atoms with Gasteiger partial charge in [0, 0.05) is 11.8 Å². The number of hydrogen-bond acceptors (Lipinski definition) is 6. The minimum absolute atomic E-state index is 0.183. The number of alkyl halides is 1. The highest BCUT2D eigenvalue weighted by molar-refractivity contribution is 5.91. The fourth-order valence-electron chi connectivity index (χ4n) is 3.83. The summed E-state index contributed by atoms with van der Waals surface area (Å²) in [4.78, 5) is 35.2. The van der Waals surface area contributed by atoms with E-state index in [9.17, 15) is 18.8 Å².